The smallest absolute Gasteiger partial charge is 0.334 e. The van der Waals surface area contributed by atoms with E-state index < -0.39 is 41.1 Å². The van der Waals surface area contributed by atoms with E-state index >= 15 is 0 Å². The van der Waals surface area contributed by atoms with E-state index in [0.717, 1.165) is 43.1 Å². The zero-order valence-corrected chi connectivity index (χ0v) is 17.4. The van der Waals surface area contributed by atoms with Crippen LogP contribution in [-0.4, -0.2) is 37.8 Å². The molecule has 1 aromatic heterocycles. The molecule has 3 N–H and O–H groups in total. The van der Waals surface area contributed by atoms with Gasteiger partial charge in [-0.15, -0.1) is 0 Å². The van der Waals surface area contributed by atoms with Crippen molar-refractivity contribution in [2.75, 3.05) is 6.54 Å². The molecule has 2 saturated carbocycles. The molecular weight excluding hydrogens is 390 g/mol. The summed E-state index contributed by atoms with van der Waals surface area (Å²) in [6.07, 6.45) is 8.39. The summed E-state index contributed by atoms with van der Waals surface area (Å²) < 4.78 is 2.33. The summed E-state index contributed by atoms with van der Waals surface area (Å²) in [6, 6.07) is -0.606. The van der Waals surface area contributed by atoms with Gasteiger partial charge in [-0.25, -0.2) is 4.79 Å². The van der Waals surface area contributed by atoms with Gasteiger partial charge in [-0.2, -0.15) is 0 Å². The Labute approximate surface area is 174 Å². The zero-order chi connectivity index (χ0) is 21.8. The standard InChI is InChI=1S/C21H31N3O6/c1-2-13-8-10-15(11-9-13)24-20(29)17(18(27)22-12-16(25)26)19(28)23(21(24)30)14-6-4-3-5-7-14/h13-15,29H,2-12H2,1H3,(H,22,27)(H,25,26). The van der Waals surface area contributed by atoms with Crippen LogP contribution in [0.3, 0.4) is 0 Å². The van der Waals surface area contributed by atoms with Crippen LogP contribution in [0.2, 0.25) is 0 Å². The number of carbonyl (C=O) groups excluding carboxylic acids is 1. The molecule has 1 aromatic rings. The first-order chi connectivity index (χ1) is 14.3. The molecule has 30 heavy (non-hydrogen) atoms. The van der Waals surface area contributed by atoms with Gasteiger partial charge in [-0.05, 0) is 44.4 Å². The van der Waals surface area contributed by atoms with Gasteiger partial charge in [0, 0.05) is 12.1 Å². The van der Waals surface area contributed by atoms with Gasteiger partial charge in [-0.3, -0.25) is 23.5 Å². The number of aromatic nitrogens is 2. The van der Waals surface area contributed by atoms with E-state index in [-0.39, 0.29) is 12.1 Å². The third-order valence-electron chi connectivity index (χ3n) is 6.62. The first-order valence-corrected chi connectivity index (χ1v) is 10.9. The highest BCUT2D eigenvalue weighted by molar-refractivity contribution is 5.97. The van der Waals surface area contributed by atoms with Crippen molar-refractivity contribution in [2.45, 2.75) is 83.2 Å². The summed E-state index contributed by atoms with van der Waals surface area (Å²) >= 11 is 0. The Morgan fingerprint density at radius 2 is 1.57 bits per heavy atom. The van der Waals surface area contributed by atoms with E-state index in [4.69, 9.17) is 5.11 Å². The van der Waals surface area contributed by atoms with Crippen LogP contribution < -0.4 is 16.6 Å². The summed E-state index contributed by atoms with van der Waals surface area (Å²) in [5, 5.41) is 21.8. The fourth-order valence-corrected chi connectivity index (χ4v) is 4.87. The second-order valence-electron chi connectivity index (χ2n) is 8.48. The Kier molecular flexibility index (Phi) is 6.99. The van der Waals surface area contributed by atoms with E-state index in [1.807, 2.05) is 0 Å². The Morgan fingerprint density at radius 1 is 0.967 bits per heavy atom. The quantitative estimate of drug-likeness (QED) is 0.645. The van der Waals surface area contributed by atoms with E-state index in [9.17, 15) is 24.3 Å². The lowest BCUT2D eigenvalue weighted by molar-refractivity contribution is -0.135. The van der Waals surface area contributed by atoms with Gasteiger partial charge < -0.3 is 15.5 Å². The van der Waals surface area contributed by atoms with Gasteiger partial charge in [0.15, 0.2) is 5.56 Å². The first-order valence-electron chi connectivity index (χ1n) is 10.9. The molecule has 2 aliphatic rings. The van der Waals surface area contributed by atoms with Crippen molar-refractivity contribution in [1.82, 2.24) is 14.5 Å². The van der Waals surface area contributed by atoms with Gasteiger partial charge in [-0.1, -0.05) is 32.6 Å². The van der Waals surface area contributed by atoms with E-state index in [0.29, 0.717) is 31.6 Å². The van der Waals surface area contributed by atoms with Crippen molar-refractivity contribution in [1.29, 1.82) is 0 Å². The van der Waals surface area contributed by atoms with Crippen molar-refractivity contribution in [2.24, 2.45) is 5.92 Å². The number of aliphatic carboxylic acids is 1. The predicted molar refractivity (Wildman–Crippen MR) is 110 cm³/mol. The zero-order valence-electron chi connectivity index (χ0n) is 17.4. The SMILES string of the molecule is CCC1CCC(n2c(O)c(C(=O)NCC(=O)O)c(=O)n(C3CCCCC3)c2=O)CC1. The first kappa shape index (κ1) is 22.1. The van der Waals surface area contributed by atoms with Crippen LogP contribution in [0, 0.1) is 5.92 Å². The molecule has 9 nitrogen and oxygen atoms in total. The van der Waals surface area contributed by atoms with Crippen molar-refractivity contribution >= 4 is 11.9 Å². The molecule has 166 valence electrons. The van der Waals surface area contributed by atoms with Gasteiger partial charge in [0.2, 0.25) is 5.88 Å². The minimum Gasteiger partial charge on any atom is -0.494 e. The molecule has 0 bridgehead atoms. The van der Waals surface area contributed by atoms with E-state index in [2.05, 4.69) is 12.2 Å². The van der Waals surface area contributed by atoms with E-state index in [1.165, 1.54) is 4.57 Å². The molecule has 0 aromatic carbocycles. The lowest BCUT2D eigenvalue weighted by atomic mass is 9.84. The summed E-state index contributed by atoms with van der Waals surface area (Å²) in [6.45, 7) is 1.45. The number of carboxylic acids is 1. The average Bonchev–Trinajstić information content (AvgIpc) is 2.73. The molecule has 2 aliphatic carbocycles. The van der Waals surface area contributed by atoms with Crippen LogP contribution in [0.5, 0.6) is 5.88 Å². The second-order valence-corrected chi connectivity index (χ2v) is 8.48. The monoisotopic (exact) mass is 421 g/mol. The third-order valence-corrected chi connectivity index (χ3v) is 6.62. The molecule has 1 heterocycles. The average molecular weight is 421 g/mol. The number of amides is 1. The molecule has 2 fully saturated rings. The lowest BCUT2D eigenvalue weighted by Crippen LogP contribution is -2.48. The fourth-order valence-electron chi connectivity index (χ4n) is 4.87. The Bertz CT molecular complexity index is 905. The molecule has 0 spiro atoms. The molecule has 0 atom stereocenters. The Morgan fingerprint density at radius 3 is 2.13 bits per heavy atom. The molecular formula is C21H31N3O6. The summed E-state index contributed by atoms with van der Waals surface area (Å²) in [5.74, 6) is -2.32. The number of nitrogens with zero attached hydrogens (tertiary/aromatic N) is 2. The predicted octanol–water partition coefficient (Wildman–Crippen LogP) is 2.18. The van der Waals surface area contributed by atoms with Crippen LogP contribution in [0.4, 0.5) is 0 Å². The number of carboxylic acid groups (broad SMARTS) is 1. The molecule has 0 radical (unpaired) electrons. The highest BCUT2D eigenvalue weighted by atomic mass is 16.4. The second kappa shape index (κ2) is 9.49. The largest absolute Gasteiger partial charge is 0.494 e. The number of hydrogen-bond donors (Lipinski definition) is 3. The van der Waals surface area contributed by atoms with Crippen LogP contribution in [0.15, 0.2) is 9.59 Å². The maximum Gasteiger partial charge on any atom is 0.334 e. The Hall–Kier alpha value is -2.58. The van der Waals surface area contributed by atoms with Crippen LogP contribution >= 0.6 is 0 Å². The maximum atomic E-state index is 13.3. The lowest BCUT2D eigenvalue weighted by Gasteiger charge is -2.31. The molecule has 1 amide bonds. The summed E-state index contributed by atoms with van der Waals surface area (Å²) in [5.41, 5.74) is -1.95. The molecule has 0 saturated heterocycles. The van der Waals surface area contributed by atoms with Crippen LogP contribution in [-0.2, 0) is 4.79 Å². The van der Waals surface area contributed by atoms with Crippen molar-refractivity contribution < 1.29 is 19.8 Å². The Balaban J connectivity index is 2.09. The molecule has 9 heteroatoms. The number of rotatable bonds is 6. The van der Waals surface area contributed by atoms with Gasteiger partial charge in [0.25, 0.3) is 11.5 Å². The third kappa shape index (κ3) is 4.44. The molecule has 0 unspecified atom stereocenters. The summed E-state index contributed by atoms with van der Waals surface area (Å²) in [7, 11) is 0. The number of aromatic hydroxyl groups is 1. The normalized spacial score (nSPS) is 22.6. The molecule has 3 rings (SSSR count). The maximum absolute atomic E-state index is 13.3. The van der Waals surface area contributed by atoms with Crippen LogP contribution in [0.25, 0.3) is 0 Å². The highest BCUT2D eigenvalue weighted by Crippen LogP contribution is 2.35. The number of hydrogen-bond acceptors (Lipinski definition) is 5. The van der Waals surface area contributed by atoms with E-state index in [1.54, 1.807) is 0 Å². The highest BCUT2D eigenvalue weighted by Gasteiger charge is 2.32. The molecule has 0 aliphatic heterocycles. The topological polar surface area (TPSA) is 131 Å². The van der Waals surface area contributed by atoms with Crippen molar-refractivity contribution in [3.05, 3.63) is 26.4 Å². The fraction of sp³-hybridized carbons (Fsp3) is 0.714. The minimum absolute atomic E-state index is 0.290. The van der Waals surface area contributed by atoms with Gasteiger partial charge in [0.1, 0.15) is 6.54 Å². The number of carbonyl (C=O) groups is 2. The van der Waals surface area contributed by atoms with Gasteiger partial charge >= 0.3 is 11.7 Å². The minimum atomic E-state index is -1.26. The van der Waals surface area contributed by atoms with Crippen molar-refractivity contribution in [3.63, 3.8) is 0 Å². The van der Waals surface area contributed by atoms with Gasteiger partial charge in [0.05, 0.1) is 0 Å². The number of nitrogens with one attached hydrogen (secondary N) is 1. The van der Waals surface area contributed by atoms with Crippen molar-refractivity contribution in [3.8, 4) is 5.88 Å². The van der Waals surface area contributed by atoms with Crippen LogP contribution in [0.1, 0.15) is 93.6 Å². The summed E-state index contributed by atoms with van der Waals surface area (Å²) in [4.78, 5) is 49.9.